The number of nitrogens with zero attached hydrogens (tertiary/aromatic N) is 1. The van der Waals surface area contributed by atoms with Crippen LogP contribution in [0.25, 0.3) is 0 Å². The lowest BCUT2D eigenvalue weighted by Gasteiger charge is -2.07. The Balaban J connectivity index is 2.68. The van der Waals surface area contributed by atoms with Crippen LogP contribution < -0.4 is 5.32 Å². The fraction of sp³-hybridized carbons (Fsp3) is 0.333. The van der Waals surface area contributed by atoms with E-state index in [1.807, 2.05) is 0 Å². The molecule has 1 aromatic rings. The standard InChI is InChI=1S/C9H12N2O2/c1-10-6-8(12)9(13)7-2-4-11-5-3-7/h2-5,8,10,12H,6H2,1H3. The lowest BCUT2D eigenvalue weighted by atomic mass is 10.1. The van der Waals surface area contributed by atoms with E-state index in [-0.39, 0.29) is 12.3 Å². The minimum absolute atomic E-state index is 0.265. The maximum absolute atomic E-state index is 11.4. The smallest absolute Gasteiger partial charge is 0.192 e. The predicted octanol–water partition coefficient (Wildman–Crippen LogP) is -0.155. The summed E-state index contributed by atoms with van der Waals surface area (Å²) in [5.74, 6) is -0.281. The third kappa shape index (κ3) is 2.61. The number of aliphatic hydroxyl groups excluding tert-OH is 1. The van der Waals surface area contributed by atoms with Crippen LogP contribution in [0.15, 0.2) is 24.5 Å². The van der Waals surface area contributed by atoms with Crippen LogP contribution in [0, 0.1) is 0 Å². The van der Waals surface area contributed by atoms with Crippen molar-refractivity contribution < 1.29 is 9.90 Å². The third-order valence-corrected chi connectivity index (χ3v) is 1.66. The van der Waals surface area contributed by atoms with Crippen LogP contribution in [0.5, 0.6) is 0 Å². The van der Waals surface area contributed by atoms with Crippen molar-refractivity contribution in [2.75, 3.05) is 13.6 Å². The number of hydrogen-bond donors (Lipinski definition) is 2. The van der Waals surface area contributed by atoms with E-state index in [1.165, 1.54) is 12.4 Å². The largest absolute Gasteiger partial charge is 0.384 e. The van der Waals surface area contributed by atoms with Gasteiger partial charge in [0.2, 0.25) is 0 Å². The number of aliphatic hydroxyl groups is 1. The molecule has 0 saturated heterocycles. The molecule has 1 rings (SSSR count). The van der Waals surface area contributed by atoms with Crippen LogP contribution in [0.4, 0.5) is 0 Å². The Morgan fingerprint density at radius 3 is 2.77 bits per heavy atom. The van der Waals surface area contributed by atoms with Crippen molar-refractivity contribution in [2.24, 2.45) is 0 Å². The summed E-state index contributed by atoms with van der Waals surface area (Å²) in [6, 6.07) is 3.17. The summed E-state index contributed by atoms with van der Waals surface area (Å²) >= 11 is 0. The molecule has 0 bridgehead atoms. The molecule has 0 saturated carbocycles. The number of nitrogens with one attached hydrogen (secondary N) is 1. The zero-order valence-electron chi connectivity index (χ0n) is 7.40. The number of rotatable bonds is 4. The van der Waals surface area contributed by atoms with Gasteiger partial charge >= 0.3 is 0 Å². The van der Waals surface area contributed by atoms with E-state index in [4.69, 9.17) is 0 Å². The summed E-state index contributed by atoms with van der Waals surface area (Å²) in [4.78, 5) is 15.2. The number of Topliss-reactive ketones (excluding diaryl/α,β-unsaturated/α-hetero) is 1. The molecule has 0 spiro atoms. The Bertz CT molecular complexity index is 274. The molecule has 0 aliphatic rings. The fourth-order valence-corrected chi connectivity index (χ4v) is 0.995. The van der Waals surface area contributed by atoms with Gasteiger partial charge in [0.1, 0.15) is 6.10 Å². The Morgan fingerprint density at radius 2 is 2.23 bits per heavy atom. The van der Waals surface area contributed by atoms with Gasteiger partial charge in [-0.25, -0.2) is 0 Å². The molecule has 0 fully saturated rings. The highest BCUT2D eigenvalue weighted by Crippen LogP contribution is 2.01. The monoisotopic (exact) mass is 180 g/mol. The predicted molar refractivity (Wildman–Crippen MR) is 48.5 cm³/mol. The summed E-state index contributed by atoms with van der Waals surface area (Å²) in [6.07, 6.45) is 2.07. The molecule has 0 radical (unpaired) electrons. The lowest BCUT2D eigenvalue weighted by molar-refractivity contribution is 0.0750. The highest BCUT2D eigenvalue weighted by atomic mass is 16.3. The number of carbonyl (C=O) groups excluding carboxylic acids is 1. The topological polar surface area (TPSA) is 62.2 Å². The second kappa shape index (κ2) is 4.69. The van der Waals surface area contributed by atoms with Crippen molar-refractivity contribution in [1.82, 2.24) is 10.3 Å². The normalized spacial score (nSPS) is 12.5. The van der Waals surface area contributed by atoms with E-state index in [1.54, 1.807) is 19.2 Å². The molecular formula is C9H12N2O2. The minimum Gasteiger partial charge on any atom is -0.384 e. The minimum atomic E-state index is -0.979. The average Bonchev–Trinajstić information content (AvgIpc) is 2.18. The van der Waals surface area contributed by atoms with Gasteiger partial charge in [-0.1, -0.05) is 0 Å². The van der Waals surface area contributed by atoms with Crippen molar-refractivity contribution in [2.45, 2.75) is 6.10 Å². The van der Waals surface area contributed by atoms with Crippen molar-refractivity contribution in [3.63, 3.8) is 0 Å². The summed E-state index contributed by atoms with van der Waals surface area (Å²) in [6.45, 7) is 0.265. The SMILES string of the molecule is CNCC(O)C(=O)c1ccncc1. The van der Waals surface area contributed by atoms with Gasteiger partial charge in [-0.3, -0.25) is 9.78 Å². The molecule has 70 valence electrons. The highest BCUT2D eigenvalue weighted by molar-refractivity contribution is 5.99. The van der Waals surface area contributed by atoms with Gasteiger partial charge in [0, 0.05) is 24.5 Å². The van der Waals surface area contributed by atoms with Gasteiger partial charge in [-0.2, -0.15) is 0 Å². The van der Waals surface area contributed by atoms with Crippen molar-refractivity contribution in [3.05, 3.63) is 30.1 Å². The van der Waals surface area contributed by atoms with E-state index in [0.717, 1.165) is 0 Å². The van der Waals surface area contributed by atoms with E-state index in [9.17, 15) is 9.90 Å². The van der Waals surface area contributed by atoms with Crippen LogP contribution in [0.1, 0.15) is 10.4 Å². The fourth-order valence-electron chi connectivity index (χ4n) is 0.995. The van der Waals surface area contributed by atoms with Crippen LogP contribution in [-0.4, -0.2) is 35.6 Å². The number of ketones is 1. The molecule has 1 aromatic heterocycles. The molecule has 1 unspecified atom stereocenters. The molecule has 0 aliphatic heterocycles. The number of hydrogen-bond acceptors (Lipinski definition) is 4. The maximum Gasteiger partial charge on any atom is 0.192 e. The Morgan fingerprint density at radius 1 is 1.62 bits per heavy atom. The number of pyridine rings is 1. The first-order chi connectivity index (χ1) is 6.25. The zero-order valence-corrected chi connectivity index (χ0v) is 7.40. The Labute approximate surface area is 76.6 Å². The Kier molecular flexibility index (Phi) is 3.54. The van der Waals surface area contributed by atoms with E-state index in [2.05, 4.69) is 10.3 Å². The van der Waals surface area contributed by atoms with Crippen molar-refractivity contribution in [1.29, 1.82) is 0 Å². The second-order valence-corrected chi connectivity index (χ2v) is 2.67. The summed E-state index contributed by atoms with van der Waals surface area (Å²) in [5.41, 5.74) is 0.484. The number of likely N-dealkylation sites (N-methyl/N-ethyl adjacent to an activating group) is 1. The quantitative estimate of drug-likeness (QED) is 0.632. The molecule has 2 N–H and O–H groups in total. The molecule has 4 heteroatoms. The van der Waals surface area contributed by atoms with Gasteiger partial charge in [-0.05, 0) is 19.2 Å². The molecule has 4 nitrogen and oxygen atoms in total. The summed E-state index contributed by atoms with van der Waals surface area (Å²) < 4.78 is 0. The number of aromatic nitrogens is 1. The molecular weight excluding hydrogens is 168 g/mol. The molecule has 0 aliphatic carbocycles. The lowest BCUT2D eigenvalue weighted by Crippen LogP contribution is -2.31. The van der Waals surface area contributed by atoms with Crippen molar-refractivity contribution in [3.8, 4) is 0 Å². The van der Waals surface area contributed by atoms with E-state index in [0.29, 0.717) is 5.56 Å². The van der Waals surface area contributed by atoms with Crippen LogP contribution in [-0.2, 0) is 0 Å². The van der Waals surface area contributed by atoms with Gasteiger partial charge in [0.15, 0.2) is 5.78 Å². The molecule has 0 amide bonds. The summed E-state index contributed by atoms with van der Waals surface area (Å²) in [5, 5.41) is 12.1. The van der Waals surface area contributed by atoms with Gasteiger partial charge in [0.25, 0.3) is 0 Å². The van der Waals surface area contributed by atoms with E-state index < -0.39 is 6.10 Å². The average molecular weight is 180 g/mol. The first kappa shape index (κ1) is 9.83. The summed E-state index contributed by atoms with van der Waals surface area (Å²) in [7, 11) is 1.68. The maximum atomic E-state index is 11.4. The van der Waals surface area contributed by atoms with Crippen molar-refractivity contribution >= 4 is 5.78 Å². The molecule has 1 atom stereocenters. The number of carbonyl (C=O) groups is 1. The molecule has 13 heavy (non-hydrogen) atoms. The second-order valence-electron chi connectivity index (χ2n) is 2.67. The van der Waals surface area contributed by atoms with E-state index >= 15 is 0 Å². The van der Waals surface area contributed by atoms with Gasteiger partial charge in [0.05, 0.1) is 0 Å². The highest BCUT2D eigenvalue weighted by Gasteiger charge is 2.15. The third-order valence-electron chi connectivity index (χ3n) is 1.66. The van der Waals surface area contributed by atoms with Crippen LogP contribution in [0.2, 0.25) is 0 Å². The molecule has 0 aromatic carbocycles. The van der Waals surface area contributed by atoms with Crippen LogP contribution in [0.3, 0.4) is 0 Å². The van der Waals surface area contributed by atoms with Crippen LogP contribution >= 0.6 is 0 Å². The Hall–Kier alpha value is -1.26. The van der Waals surface area contributed by atoms with Gasteiger partial charge < -0.3 is 10.4 Å². The first-order valence-electron chi connectivity index (χ1n) is 4.02. The molecule has 1 heterocycles. The first-order valence-corrected chi connectivity index (χ1v) is 4.02. The van der Waals surface area contributed by atoms with Gasteiger partial charge in [-0.15, -0.1) is 0 Å². The zero-order chi connectivity index (χ0) is 9.68.